The molecular formula is C15H20ClNO2. The second-order valence-corrected chi connectivity index (χ2v) is 5.23. The minimum absolute atomic E-state index is 0. The monoisotopic (exact) mass is 281 g/mol. The lowest BCUT2D eigenvalue weighted by molar-refractivity contribution is 0.0394. The lowest BCUT2D eigenvalue weighted by Gasteiger charge is -2.23. The molecule has 0 N–H and O–H groups in total. The number of ether oxygens (including phenoxy) is 1. The predicted octanol–water partition coefficient (Wildman–Crippen LogP) is 2.89. The first-order valence-electron chi connectivity index (χ1n) is 6.82. The SMILES string of the molecule is Cl.O=C(OC[C@@H]1CC[C@@H]2CCCN21)c1ccccc1. The summed E-state index contributed by atoms with van der Waals surface area (Å²) in [5, 5.41) is 0. The number of rotatable bonds is 3. The molecule has 1 aromatic rings. The molecule has 2 aliphatic heterocycles. The smallest absolute Gasteiger partial charge is 0.338 e. The molecule has 19 heavy (non-hydrogen) atoms. The molecule has 0 spiro atoms. The van der Waals surface area contributed by atoms with Crippen molar-refractivity contribution < 1.29 is 9.53 Å². The van der Waals surface area contributed by atoms with E-state index in [1.54, 1.807) is 12.1 Å². The molecule has 104 valence electrons. The summed E-state index contributed by atoms with van der Waals surface area (Å²) in [4.78, 5) is 14.4. The number of fused-ring (bicyclic) bond motifs is 1. The van der Waals surface area contributed by atoms with Gasteiger partial charge in [0.1, 0.15) is 6.61 Å². The van der Waals surface area contributed by atoms with Gasteiger partial charge < -0.3 is 4.74 Å². The number of carbonyl (C=O) groups is 1. The Morgan fingerprint density at radius 3 is 2.79 bits per heavy atom. The summed E-state index contributed by atoms with van der Waals surface area (Å²) in [6.07, 6.45) is 5.07. The summed E-state index contributed by atoms with van der Waals surface area (Å²) in [5.74, 6) is -0.196. The van der Waals surface area contributed by atoms with Crippen LogP contribution < -0.4 is 0 Å². The van der Waals surface area contributed by atoms with Crippen molar-refractivity contribution in [2.24, 2.45) is 0 Å². The fourth-order valence-corrected chi connectivity index (χ4v) is 3.21. The number of halogens is 1. The zero-order chi connectivity index (χ0) is 12.4. The highest BCUT2D eigenvalue weighted by molar-refractivity contribution is 5.89. The van der Waals surface area contributed by atoms with Crippen molar-refractivity contribution in [3.8, 4) is 0 Å². The summed E-state index contributed by atoms with van der Waals surface area (Å²) >= 11 is 0. The van der Waals surface area contributed by atoms with Gasteiger partial charge in [-0.05, 0) is 44.4 Å². The van der Waals surface area contributed by atoms with Gasteiger partial charge in [0, 0.05) is 12.1 Å². The van der Waals surface area contributed by atoms with Gasteiger partial charge in [-0.1, -0.05) is 18.2 Å². The van der Waals surface area contributed by atoms with Gasteiger partial charge in [-0.15, -0.1) is 12.4 Å². The van der Waals surface area contributed by atoms with E-state index in [2.05, 4.69) is 4.90 Å². The van der Waals surface area contributed by atoms with Crippen LogP contribution in [0, 0.1) is 0 Å². The molecule has 2 fully saturated rings. The van der Waals surface area contributed by atoms with E-state index in [9.17, 15) is 4.79 Å². The van der Waals surface area contributed by atoms with Gasteiger partial charge in [0.2, 0.25) is 0 Å². The van der Waals surface area contributed by atoms with Gasteiger partial charge in [0.15, 0.2) is 0 Å². The van der Waals surface area contributed by atoms with Crippen LogP contribution in [0.25, 0.3) is 0 Å². The van der Waals surface area contributed by atoms with Crippen LogP contribution in [0.1, 0.15) is 36.0 Å². The molecule has 3 nitrogen and oxygen atoms in total. The second kappa shape index (κ2) is 6.40. The standard InChI is InChI=1S/C15H19NO2.ClH/c17-15(12-5-2-1-3-6-12)18-11-14-9-8-13-7-4-10-16(13)14;/h1-3,5-6,13-14H,4,7-11H2;1H/t13-,14-;/m0./s1. The molecular weight excluding hydrogens is 262 g/mol. The number of esters is 1. The molecule has 2 heterocycles. The Hall–Kier alpha value is -1.06. The third kappa shape index (κ3) is 3.10. The zero-order valence-electron chi connectivity index (χ0n) is 11.0. The lowest BCUT2D eigenvalue weighted by Crippen LogP contribution is -2.35. The largest absolute Gasteiger partial charge is 0.460 e. The summed E-state index contributed by atoms with van der Waals surface area (Å²) in [7, 11) is 0. The predicted molar refractivity (Wildman–Crippen MR) is 76.7 cm³/mol. The van der Waals surface area contributed by atoms with Crippen LogP contribution in [0.4, 0.5) is 0 Å². The van der Waals surface area contributed by atoms with Crippen LogP contribution in [0.5, 0.6) is 0 Å². The molecule has 2 atom stereocenters. The molecule has 1 aromatic carbocycles. The average Bonchev–Trinajstić information content (AvgIpc) is 3.00. The van der Waals surface area contributed by atoms with E-state index in [0.29, 0.717) is 18.2 Å². The average molecular weight is 282 g/mol. The van der Waals surface area contributed by atoms with Crippen molar-refractivity contribution >= 4 is 18.4 Å². The third-order valence-electron chi connectivity index (χ3n) is 4.14. The van der Waals surface area contributed by atoms with Gasteiger partial charge >= 0.3 is 5.97 Å². The molecule has 0 amide bonds. The summed E-state index contributed by atoms with van der Waals surface area (Å²) in [5.41, 5.74) is 0.647. The number of hydrogen-bond acceptors (Lipinski definition) is 3. The Labute approximate surface area is 120 Å². The maximum Gasteiger partial charge on any atom is 0.338 e. The maximum atomic E-state index is 11.9. The van der Waals surface area contributed by atoms with Crippen molar-refractivity contribution in [3.05, 3.63) is 35.9 Å². The minimum Gasteiger partial charge on any atom is -0.460 e. The summed E-state index contributed by atoms with van der Waals surface area (Å²) in [6.45, 7) is 1.72. The van der Waals surface area contributed by atoms with Crippen LogP contribution in [-0.4, -0.2) is 36.1 Å². The Morgan fingerprint density at radius 2 is 2.00 bits per heavy atom. The highest BCUT2D eigenvalue weighted by Crippen LogP contribution is 2.32. The molecule has 0 radical (unpaired) electrons. The van der Waals surface area contributed by atoms with E-state index in [-0.39, 0.29) is 18.4 Å². The third-order valence-corrected chi connectivity index (χ3v) is 4.14. The fourth-order valence-electron chi connectivity index (χ4n) is 3.21. The zero-order valence-corrected chi connectivity index (χ0v) is 11.8. The van der Waals surface area contributed by atoms with Gasteiger partial charge in [-0.3, -0.25) is 4.90 Å². The second-order valence-electron chi connectivity index (χ2n) is 5.23. The Balaban J connectivity index is 0.00000133. The Kier molecular flexibility index (Phi) is 4.83. The molecule has 0 aliphatic carbocycles. The normalized spacial score (nSPS) is 25.7. The lowest BCUT2D eigenvalue weighted by atomic mass is 10.1. The van der Waals surface area contributed by atoms with Crippen molar-refractivity contribution in [2.75, 3.05) is 13.2 Å². The number of carbonyl (C=O) groups excluding carboxylic acids is 1. The molecule has 4 heteroatoms. The molecule has 3 rings (SSSR count). The van der Waals surface area contributed by atoms with Crippen molar-refractivity contribution in [2.45, 2.75) is 37.8 Å². The van der Waals surface area contributed by atoms with E-state index >= 15 is 0 Å². The molecule has 0 saturated carbocycles. The fraction of sp³-hybridized carbons (Fsp3) is 0.533. The van der Waals surface area contributed by atoms with Gasteiger partial charge in [0.25, 0.3) is 0 Å². The van der Waals surface area contributed by atoms with Crippen LogP contribution in [0.2, 0.25) is 0 Å². The molecule has 0 aromatic heterocycles. The van der Waals surface area contributed by atoms with Crippen LogP contribution in [0.3, 0.4) is 0 Å². The first kappa shape index (κ1) is 14.4. The topological polar surface area (TPSA) is 29.5 Å². The minimum atomic E-state index is -0.196. The summed E-state index contributed by atoms with van der Waals surface area (Å²) in [6, 6.07) is 10.4. The van der Waals surface area contributed by atoms with E-state index in [0.717, 1.165) is 6.04 Å². The molecule has 0 bridgehead atoms. The maximum absolute atomic E-state index is 11.9. The van der Waals surface area contributed by atoms with Gasteiger partial charge in [-0.25, -0.2) is 4.79 Å². The van der Waals surface area contributed by atoms with Gasteiger partial charge in [0.05, 0.1) is 5.56 Å². The summed E-state index contributed by atoms with van der Waals surface area (Å²) < 4.78 is 5.44. The number of hydrogen-bond donors (Lipinski definition) is 0. The molecule has 2 aliphatic rings. The number of nitrogens with zero attached hydrogens (tertiary/aromatic N) is 1. The van der Waals surface area contributed by atoms with E-state index in [4.69, 9.17) is 4.74 Å². The van der Waals surface area contributed by atoms with Crippen molar-refractivity contribution in [1.29, 1.82) is 0 Å². The molecule has 2 saturated heterocycles. The van der Waals surface area contributed by atoms with Crippen molar-refractivity contribution in [3.63, 3.8) is 0 Å². The van der Waals surface area contributed by atoms with E-state index in [1.807, 2.05) is 18.2 Å². The van der Waals surface area contributed by atoms with Crippen LogP contribution >= 0.6 is 12.4 Å². The van der Waals surface area contributed by atoms with Crippen LogP contribution in [-0.2, 0) is 4.74 Å². The Morgan fingerprint density at radius 1 is 1.21 bits per heavy atom. The molecule has 0 unspecified atom stereocenters. The first-order valence-corrected chi connectivity index (χ1v) is 6.82. The Bertz CT molecular complexity index is 423. The highest BCUT2D eigenvalue weighted by Gasteiger charge is 2.36. The van der Waals surface area contributed by atoms with Crippen molar-refractivity contribution in [1.82, 2.24) is 4.90 Å². The van der Waals surface area contributed by atoms with E-state index in [1.165, 1.54) is 32.2 Å². The van der Waals surface area contributed by atoms with E-state index < -0.39 is 0 Å². The quantitative estimate of drug-likeness (QED) is 0.798. The van der Waals surface area contributed by atoms with Crippen LogP contribution in [0.15, 0.2) is 30.3 Å². The number of benzene rings is 1. The van der Waals surface area contributed by atoms with Gasteiger partial charge in [-0.2, -0.15) is 0 Å². The highest BCUT2D eigenvalue weighted by atomic mass is 35.5. The first-order chi connectivity index (χ1) is 8.84.